The van der Waals surface area contributed by atoms with Gasteiger partial charge in [-0.15, -0.1) is 0 Å². The molecule has 1 aromatic heterocycles. The molecule has 3 atom stereocenters. The molecular weight excluding hydrogens is 569 g/mol. The number of carboxylic acid groups (broad SMARTS) is 1. The fourth-order valence-electron chi connectivity index (χ4n) is 6.59. The third kappa shape index (κ3) is 5.52. The van der Waals surface area contributed by atoms with E-state index in [1.165, 1.54) is 26.0 Å². The van der Waals surface area contributed by atoms with E-state index in [2.05, 4.69) is 10.0 Å². The maximum absolute atomic E-state index is 14.9. The summed E-state index contributed by atoms with van der Waals surface area (Å²) in [5.74, 6) is -2.63. The third-order valence-electron chi connectivity index (χ3n) is 8.79. The number of aromatic nitrogens is 1. The number of amides is 2. The van der Waals surface area contributed by atoms with E-state index < -0.39 is 50.6 Å². The Balaban J connectivity index is 1.86. The second kappa shape index (κ2) is 10.5. The lowest BCUT2D eigenvalue weighted by molar-refractivity contribution is -0.147. The van der Waals surface area contributed by atoms with Crippen LogP contribution in [0, 0.1) is 11.3 Å². The quantitative estimate of drug-likeness (QED) is 0.228. The zero-order valence-corrected chi connectivity index (χ0v) is 26.0. The molecule has 8 nitrogen and oxygen atoms in total. The first-order valence-electron chi connectivity index (χ1n) is 14.2. The van der Waals surface area contributed by atoms with Gasteiger partial charge in [-0.1, -0.05) is 18.0 Å². The molecule has 0 spiro atoms. The molecule has 0 bridgehead atoms. The number of halogens is 3. The molecule has 3 aliphatic rings. The lowest BCUT2D eigenvalue weighted by atomic mass is 9.58. The van der Waals surface area contributed by atoms with Crippen LogP contribution in [-0.2, 0) is 16.8 Å². The molecule has 1 aliphatic heterocycles. The number of nitrogens with one attached hydrogen (secondary N) is 2. The molecule has 5 N–H and O–H groups in total. The van der Waals surface area contributed by atoms with Crippen LogP contribution in [0.2, 0.25) is 0 Å². The number of carboxylic acids is 1. The summed E-state index contributed by atoms with van der Waals surface area (Å²) >= 11 is 1.09. The molecule has 42 heavy (non-hydrogen) atoms. The van der Waals surface area contributed by atoms with E-state index >= 15 is 0 Å². The van der Waals surface area contributed by atoms with E-state index in [9.17, 15) is 32.7 Å². The number of carbonyl (C=O) groups is 3. The van der Waals surface area contributed by atoms with Gasteiger partial charge in [-0.2, -0.15) is 13.2 Å². The van der Waals surface area contributed by atoms with Crippen molar-refractivity contribution < 1.29 is 32.7 Å². The van der Waals surface area contributed by atoms with Crippen LogP contribution in [-0.4, -0.2) is 50.5 Å². The van der Waals surface area contributed by atoms with E-state index in [0.717, 1.165) is 29.5 Å². The number of allylic oxidation sites excluding steroid dienone is 2. The van der Waals surface area contributed by atoms with Crippen LogP contribution in [0.25, 0.3) is 0 Å². The first-order valence-corrected chi connectivity index (χ1v) is 15.0. The van der Waals surface area contributed by atoms with E-state index in [0.29, 0.717) is 25.1 Å². The molecule has 2 amide bonds. The van der Waals surface area contributed by atoms with Gasteiger partial charge in [0.25, 0.3) is 11.8 Å². The number of nitrogens with zero attached hydrogens (tertiary/aromatic N) is 1. The highest BCUT2D eigenvalue weighted by Gasteiger charge is 2.58. The molecule has 2 heterocycles. The van der Waals surface area contributed by atoms with Crippen LogP contribution in [0.15, 0.2) is 28.9 Å². The summed E-state index contributed by atoms with van der Waals surface area (Å²) in [7, 11) is 0. The van der Waals surface area contributed by atoms with Crippen molar-refractivity contribution in [3.05, 3.63) is 45.8 Å². The standard InChI is InChI=1S/C30H41F3N4O4S/c1-26(2,3)36-42-29(7)18-10-8-9-16-15-37-20(28(6,21(16)18)14-19(29)30(31,32)33)13-17(22(37)23(34)38)24(39)35-12-11-27(4,5)25(40)41/h13-14,16,36H,8-12,15H2,1-7H3,(H2,34,38)(H,35,39)(H,40,41). The molecular formula is C30H41F3N4O4S. The van der Waals surface area contributed by atoms with Crippen LogP contribution in [0.5, 0.6) is 0 Å². The first-order chi connectivity index (χ1) is 19.1. The number of nitrogens with two attached hydrogens (primary N) is 1. The molecule has 0 radical (unpaired) electrons. The summed E-state index contributed by atoms with van der Waals surface area (Å²) in [5, 5.41) is 12.1. The summed E-state index contributed by atoms with van der Waals surface area (Å²) < 4.78 is 48.2. The van der Waals surface area contributed by atoms with Crippen molar-refractivity contribution in [1.29, 1.82) is 0 Å². The topological polar surface area (TPSA) is 126 Å². The van der Waals surface area contributed by atoms with Gasteiger partial charge in [-0.25, -0.2) is 0 Å². The zero-order valence-electron chi connectivity index (χ0n) is 25.2. The maximum Gasteiger partial charge on any atom is 0.414 e. The van der Waals surface area contributed by atoms with Gasteiger partial charge in [0.05, 0.1) is 21.3 Å². The molecule has 0 saturated heterocycles. The average molecular weight is 611 g/mol. The fourth-order valence-corrected chi connectivity index (χ4v) is 7.72. The van der Waals surface area contributed by atoms with E-state index in [1.807, 2.05) is 20.8 Å². The van der Waals surface area contributed by atoms with Gasteiger partial charge in [-0.3, -0.25) is 19.1 Å². The summed E-state index contributed by atoms with van der Waals surface area (Å²) in [5.41, 5.74) is 4.38. The Bertz CT molecular complexity index is 1390. The molecule has 4 rings (SSSR count). The number of aliphatic carboxylic acids is 1. The Labute approximate surface area is 248 Å². The molecule has 232 valence electrons. The van der Waals surface area contributed by atoms with Crippen molar-refractivity contribution in [2.75, 3.05) is 6.54 Å². The summed E-state index contributed by atoms with van der Waals surface area (Å²) in [4.78, 5) is 37.6. The summed E-state index contributed by atoms with van der Waals surface area (Å²) in [6.45, 7) is 12.5. The van der Waals surface area contributed by atoms with Gasteiger partial charge in [0.15, 0.2) is 0 Å². The Hall–Kier alpha value is -2.73. The third-order valence-corrected chi connectivity index (χ3v) is 10.4. The monoisotopic (exact) mass is 610 g/mol. The van der Waals surface area contributed by atoms with Crippen LogP contribution >= 0.6 is 11.9 Å². The second-order valence-corrected chi connectivity index (χ2v) is 14.9. The number of primary amides is 1. The van der Waals surface area contributed by atoms with E-state index in [-0.39, 0.29) is 30.1 Å². The van der Waals surface area contributed by atoms with Crippen LogP contribution in [0.4, 0.5) is 13.2 Å². The van der Waals surface area contributed by atoms with Crippen molar-refractivity contribution in [3.8, 4) is 0 Å². The van der Waals surface area contributed by atoms with Gasteiger partial charge in [0.2, 0.25) is 0 Å². The van der Waals surface area contributed by atoms with Crippen molar-refractivity contribution in [2.24, 2.45) is 17.1 Å². The number of carbonyl (C=O) groups excluding carboxylic acids is 2. The van der Waals surface area contributed by atoms with Crippen molar-refractivity contribution in [2.45, 2.75) is 103 Å². The SMILES string of the molecule is CC(C)(C)NSC1(C)C(C(F)(F)F)=CC2(C)C3=C1CCCC3Cn1c2cc(C(=O)NCCC(C)(C)C(=O)O)c1C(N)=O. The van der Waals surface area contributed by atoms with Gasteiger partial charge in [-0.05, 0) is 97.3 Å². The summed E-state index contributed by atoms with van der Waals surface area (Å²) in [6.07, 6.45) is -1.26. The average Bonchev–Trinajstić information content (AvgIpc) is 3.25. The van der Waals surface area contributed by atoms with E-state index in [4.69, 9.17) is 5.73 Å². The highest BCUT2D eigenvalue weighted by atomic mass is 32.2. The van der Waals surface area contributed by atoms with Gasteiger partial charge >= 0.3 is 12.1 Å². The predicted octanol–water partition coefficient (Wildman–Crippen LogP) is 5.48. The Morgan fingerprint density at radius 2 is 1.81 bits per heavy atom. The second-order valence-electron chi connectivity index (χ2n) is 13.7. The number of fused-ring (bicyclic) bond motifs is 2. The number of hydrogen-bond donors (Lipinski definition) is 4. The normalized spacial score (nSPS) is 25.9. The molecule has 2 aliphatic carbocycles. The van der Waals surface area contributed by atoms with Crippen LogP contribution < -0.4 is 15.8 Å². The molecule has 0 aromatic carbocycles. The van der Waals surface area contributed by atoms with Gasteiger partial charge in [0, 0.05) is 29.7 Å². The summed E-state index contributed by atoms with van der Waals surface area (Å²) in [6, 6.07) is 1.49. The van der Waals surface area contributed by atoms with Gasteiger partial charge in [0.1, 0.15) is 5.69 Å². The smallest absolute Gasteiger partial charge is 0.414 e. The molecule has 0 fully saturated rings. The minimum atomic E-state index is -4.63. The zero-order chi connectivity index (χ0) is 31.6. The van der Waals surface area contributed by atoms with E-state index in [1.54, 1.807) is 18.4 Å². The highest BCUT2D eigenvalue weighted by molar-refractivity contribution is 7.99. The Kier molecular flexibility index (Phi) is 8.02. The molecule has 0 saturated carbocycles. The molecule has 1 aromatic rings. The first kappa shape index (κ1) is 32.2. The molecule has 12 heteroatoms. The number of rotatable bonds is 8. The fraction of sp³-hybridized carbons (Fsp3) is 0.633. The number of hydrogen-bond acceptors (Lipinski definition) is 5. The Morgan fingerprint density at radius 1 is 1.17 bits per heavy atom. The van der Waals surface area contributed by atoms with Crippen molar-refractivity contribution in [1.82, 2.24) is 14.6 Å². The van der Waals surface area contributed by atoms with Crippen LogP contribution in [0.3, 0.4) is 0 Å². The van der Waals surface area contributed by atoms with Gasteiger partial charge < -0.3 is 20.7 Å². The number of alkyl halides is 3. The van der Waals surface area contributed by atoms with Crippen LogP contribution in [0.1, 0.15) is 101 Å². The largest absolute Gasteiger partial charge is 0.481 e. The highest BCUT2D eigenvalue weighted by Crippen LogP contribution is 2.61. The lowest BCUT2D eigenvalue weighted by Gasteiger charge is -2.53. The molecule has 3 unspecified atom stereocenters. The lowest BCUT2D eigenvalue weighted by Crippen LogP contribution is -2.51. The predicted molar refractivity (Wildman–Crippen MR) is 156 cm³/mol. The Morgan fingerprint density at radius 3 is 2.36 bits per heavy atom. The van der Waals surface area contributed by atoms with Crippen molar-refractivity contribution in [3.63, 3.8) is 0 Å². The minimum Gasteiger partial charge on any atom is -0.481 e. The van der Waals surface area contributed by atoms with Crippen molar-refractivity contribution >= 4 is 29.7 Å². The maximum atomic E-state index is 14.9. The minimum absolute atomic E-state index is 0.0216.